The molecule has 0 heterocycles. The number of fused-ring (bicyclic) bond motifs is 2. The summed E-state index contributed by atoms with van der Waals surface area (Å²) in [6, 6.07) is 41.2. The minimum absolute atomic E-state index is 0. The molecule has 0 aliphatic heterocycles. The van der Waals surface area contributed by atoms with Crippen LogP contribution in [-0.2, 0) is 31.3 Å². The molecule has 0 N–H and O–H groups in total. The maximum atomic E-state index is 2.52. The van der Waals surface area contributed by atoms with Crippen LogP contribution >= 0.6 is 0 Å². The summed E-state index contributed by atoms with van der Waals surface area (Å²) in [5.41, 5.74) is 11.1. The van der Waals surface area contributed by atoms with E-state index < -0.39 is 0 Å². The van der Waals surface area contributed by atoms with Gasteiger partial charge in [-0.2, -0.15) is 12.1 Å². The molecule has 0 nitrogen and oxygen atoms in total. The smallest absolute Gasteiger partial charge is 0.358 e. The average Bonchev–Trinajstić information content (AvgIpc) is 3.67. The van der Waals surface area contributed by atoms with Gasteiger partial charge in [0.05, 0.1) is 0 Å². The normalized spacial score (nSPS) is 13.9. The van der Waals surface area contributed by atoms with Gasteiger partial charge in [-0.05, 0) is 54.4 Å². The van der Waals surface area contributed by atoms with Gasteiger partial charge >= 0.3 is 25.8 Å². The van der Waals surface area contributed by atoms with Crippen molar-refractivity contribution in [1.82, 2.24) is 0 Å². The van der Waals surface area contributed by atoms with Crippen molar-refractivity contribution in [3.05, 3.63) is 146 Å². The second-order valence-electron chi connectivity index (χ2n) is 11.0. The predicted octanol–water partition coefficient (Wildman–Crippen LogP) is 11.1. The van der Waals surface area contributed by atoms with E-state index in [1.807, 2.05) is 0 Å². The van der Waals surface area contributed by atoms with Crippen molar-refractivity contribution in [2.24, 2.45) is 0 Å². The summed E-state index contributed by atoms with van der Waals surface area (Å²) in [6.45, 7) is 4.44. The Morgan fingerprint density at radius 1 is 0.525 bits per heavy atom. The van der Waals surface area contributed by atoms with Crippen molar-refractivity contribution in [1.29, 1.82) is 0 Å². The van der Waals surface area contributed by atoms with Gasteiger partial charge < -0.3 is 14.9 Å². The van der Waals surface area contributed by atoms with Crippen molar-refractivity contribution < 1.29 is 25.8 Å². The summed E-state index contributed by atoms with van der Waals surface area (Å²) in [5, 5.41) is 5.49. The maximum absolute atomic E-state index is 2.52. The van der Waals surface area contributed by atoms with Gasteiger partial charge in [0.25, 0.3) is 0 Å². The van der Waals surface area contributed by atoms with E-state index in [-0.39, 0.29) is 46.1 Å². The first kappa shape index (κ1) is 29.9. The van der Waals surface area contributed by atoms with Crippen LogP contribution in [0.15, 0.2) is 109 Å². The van der Waals surface area contributed by atoms with Crippen LogP contribution in [0.25, 0.3) is 43.8 Å². The van der Waals surface area contributed by atoms with E-state index in [4.69, 9.17) is 0 Å². The molecule has 0 aromatic heterocycles. The Balaban J connectivity index is 0.00000123. The molecule has 198 valence electrons. The van der Waals surface area contributed by atoms with Crippen molar-refractivity contribution in [2.75, 3.05) is 0 Å². The zero-order valence-electron chi connectivity index (χ0n) is 24.2. The Kier molecular flexibility index (Phi) is 8.86. The quantitative estimate of drug-likeness (QED) is 0.128. The van der Waals surface area contributed by atoms with Crippen molar-refractivity contribution >= 4 is 21.5 Å². The molecule has 0 spiro atoms. The van der Waals surface area contributed by atoms with Gasteiger partial charge in [-0.1, -0.05) is 84.6 Å². The SMILES string of the molecule is Cc1ccccc1-c1cccc2[cH-]c(C3(c4cc5c(-c6ccccc6C)cccc5[cH-]4)CCCC3)cc12.[CH3-].[CH3-].[Hf+4]. The number of hydrogen-bond donors (Lipinski definition) is 0. The van der Waals surface area contributed by atoms with Gasteiger partial charge in [0, 0.05) is 0 Å². The fraction of sp³-hybridized carbons (Fsp3) is 0.179. The standard InChI is InChI=1S/C37H32.2CH3.Hf/c1-25-11-3-5-15-31(25)33-17-9-13-27-21-29(23-35(27)33)37(19-7-8-20-37)30-22-28-14-10-18-34(36(28)24-30)32-16-6-4-12-26(32)2;;;/h3-6,9-18,21-24H,7-8,19-20H2,1-2H3;2*1H3;/q-2;2*-1;+4. The van der Waals surface area contributed by atoms with Crippen LogP contribution in [-0.4, -0.2) is 0 Å². The van der Waals surface area contributed by atoms with Gasteiger partial charge in [0.2, 0.25) is 0 Å². The molecule has 7 rings (SSSR count). The molecule has 0 unspecified atom stereocenters. The van der Waals surface area contributed by atoms with Gasteiger partial charge in [-0.3, -0.25) is 0 Å². The largest absolute Gasteiger partial charge is 4.00 e. The average molecular weight is 685 g/mol. The maximum Gasteiger partial charge on any atom is 4.00 e. The molecule has 6 aromatic carbocycles. The molecule has 0 bridgehead atoms. The Morgan fingerprint density at radius 2 is 0.925 bits per heavy atom. The molecule has 1 fully saturated rings. The molecule has 0 atom stereocenters. The third kappa shape index (κ3) is 4.77. The van der Waals surface area contributed by atoms with E-state index in [1.165, 1.54) is 91.7 Å². The summed E-state index contributed by atoms with van der Waals surface area (Å²) in [6.07, 6.45) is 5.02. The van der Waals surface area contributed by atoms with E-state index in [0.717, 1.165) is 0 Å². The molecule has 6 aromatic rings. The third-order valence-corrected chi connectivity index (χ3v) is 8.93. The molecule has 0 amide bonds. The molecular formula is C39H38Hf. The van der Waals surface area contributed by atoms with E-state index in [0.29, 0.717) is 0 Å². The fourth-order valence-corrected chi connectivity index (χ4v) is 6.96. The minimum atomic E-state index is 0. The van der Waals surface area contributed by atoms with Crippen LogP contribution in [0.1, 0.15) is 47.9 Å². The number of rotatable bonds is 4. The summed E-state index contributed by atoms with van der Waals surface area (Å²) in [5.74, 6) is 0. The first-order chi connectivity index (χ1) is 18.1. The molecule has 0 saturated heterocycles. The van der Waals surface area contributed by atoms with Crippen LogP contribution < -0.4 is 0 Å². The van der Waals surface area contributed by atoms with Crippen LogP contribution in [0.3, 0.4) is 0 Å². The van der Waals surface area contributed by atoms with Crippen molar-refractivity contribution in [2.45, 2.75) is 44.9 Å². The first-order valence-corrected chi connectivity index (χ1v) is 13.7. The molecule has 1 aliphatic rings. The van der Waals surface area contributed by atoms with Crippen LogP contribution in [0.4, 0.5) is 0 Å². The van der Waals surface area contributed by atoms with E-state index in [9.17, 15) is 0 Å². The van der Waals surface area contributed by atoms with Crippen molar-refractivity contribution in [3.63, 3.8) is 0 Å². The van der Waals surface area contributed by atoms with Gasteiger partial charge in [0.15, 0.2) is 0 Å². The molecule has 40 heavy (non-hydrogen) atoms. The number of benzene rings is 4. The van der Waals surface area contributed by atoms with Crippen molar-refractivity contribution in [3.8, 4) is 22.3 Å². The Labute approximate surface area is 259 Å². The van der Waals surface area contributed by atoms with E-state index >= 15 is 0 Å². The molecule has 0 radical (unpaired) electrons. The number of hydrogen-bond acceptors (Lipinski definition) is 0. The summed E-state index contributed by atoms with van der Waals surface area (Å²) < 4.78 is 0. The van der Waals surface area contributed by atoms with E-state index in [1.54, 1.807) is 0 Å². The predicted molar refractivity (Wildman–Crippen MR) is 172 cm³/mol. The van der Waals surface area contributed by atoms with Gasteiger partial charge in [-0.15, -0.1) is 69.1 Å². The molecule has 1 aliphatic carbocycles. The molecule has 1 heteroatoms. The second-order valence-corrected chi connectivity index (χ2v) is 11.0. The van der Waals surface area contributed by atoms with Gasteiger partial charge in [0.1, 0.15) is 0 Å². The molecule has 1 saturated carbocycles. The summed E-state index contributed by atoms with van der Waals surface area (Å²) >= 11 is 0. The Bertz CT molecular complexity index is 1630. The van der Waals surface area contributed by atoms with Crippen LogP contribution in [0.5, 0.6) is 0 Å². The second kappa shape index (κ2) is 11.8. The Hall–Kier alpha value is -3.03. The Morgan fingerprint density at radius 3 is 1.35 bits per heavy atom. The monoisotopic (exact) mass is 686 g/mol. The zero-order valence-corrected chi connectivity index (χ0v) is 27.8. The third-order valence-electron chi connectivity index (χ3n) is 8.93. The van der Waals surface area contributed by atoms with Crippen LogP contribution in [0, 0.1) is 28.7 Å². The van der Waals surface area contributed by atoms with Crippen LogP contribution in [0.2, 0.25) is 0 Å². The molecular weight excluding hydrogens is 647 g/mol. The van der Waals surface area contributed by atoms with E-state index in [2.05, 4.69) is 123 Å². The van der Waals surface area contributed by atoms with Gasteiger partial charge in [-0.25, -0.2) is 0 Å². The summed E-state index contributed by atoms with van der Waals surface area (Å²) in [7, 11) is 0. The minimum Gasteiger partial charge on any atom is -0.358 e. The topological polar surface area (TPSA) is 0 Å². The summed E-state index contributed by atoms with van der Waals surface area (Å²) in [4.78, 5) is 0. The fourth-order valence-electron chi connectivity index (χ4n) is 6.96. The first-order valence-electron chi connectivity index (χ1n) is 13.7. The number of aryl methyl sites for hydroxylation is 2. The zero-order chi connectivity index (χ0) is 25.0.